The van der Waals surface area contributed by atoms with E-state index >= 15 is 0 Å². The molecule has 0 radical (unpaired) electrons. The molecule has 1 aromatic rings. The molecule has 0 bridgehead atoms. The second-order valence-electron chi connectivity index (χ2n) is 6.41. The molecule has 0 aromatic carbocycles. The van der Waals surface area contributed by atoms with Gasteiger partial charge in [-0.15, -0.1) is 0 Å². The minimum absolute atomic E-state index is 0.249. The van der Waals surface area contributed by atoms with Crippen LogP contribution in [-0.2, 0) is 20.0 Å². The third-order valence-corrected chi connectivity index (χ3v) is 4.06. The SMILES string of the molecule is COC(=O)c1ccc(CSCCC(NC(=O)OC(C)(C)C)C(=O)O)nc1. The lowest BCUT2D eigenvalue weighted by Gasteiger charge is -2.21. The average Bonchev–Trinajstić information content (AvgIpc) is 2.55. The summed E-state index contributed by atoms with van der Waals surface area (Å²) in [6.45, 7) is 5.12. The van der Waals surface area contributed by atoms with Crippen LogP contribution in [0, 0.1) is 0 Å². The maximum absolute atomic E-state index is 11.7. The minimum atomic E-state index is -1.11. The van der Waals surface area contributed by atoms with Crippen LogP contribution < -0.4 is 5.32 Å². The number of methoxy groups -OCH3 is 1. The Labute approximate surface area is 156 Å². The van der Waals surface area contributed by atoms with Crippen molar-refractivity contribution in [2.24, 2.45) is 0 Å². The van der Waals surface area contributed by atoms with Crippen LogP contribution in [-0.4, -0.2) is 52.6 Å². The first-order valence-corrected chi connectivity index (χ1v) is 9.11. The van der Waals surface area contributed by atoms with Crippen LogP contribution in [0.2, 0.25) is 0 Å². The predicted molar refractivity (Wildman–Crippen MR) is 97.1 cm³/mol. The number of carbonyl (C=O) groups is 3. The van der Waals surface area contributed by atoms with E-state index in [1.54, 1.807) is 32.9 Å². The van der Waals surface area contributed by atoms with Gasteiger partial charge in [-0.25, -0.2) is 14.4 Å². The number of hydrogen-bond acceptors (Lipinski definition) is 7. The number of carboxylic acids is 1. The third kappa shape index (κ3) is 8.19. The molecular formula is C17H24N2O6S. The zero-order valence-electron chi connectivity index (χ0n) is 15.3. The normalized spacial score (nSPS) is 12.2. The van der Waals surface area contributed by atoms with E-state index in [0.717, 1.165) is 5.69 Å². The maximum Gasteiger partial charge on any atom is 0.408 e. The average molecular weight is 384 g/mol. The fourth-order valence-electron chi connectivity index (χ4n) is 1.83. The molecular weight excluding hydrogens is 360 g/mol. The zero-order chi connectivity index (χ0) is 19.7. The van der Waals surface area contributed by atoms with Gasteiger partial charge in [0.2, 0.25) is 0 Å². The molecule has 9 heteroatoms. The van der Waals surface area contributed by atoms with Gasteiger partial charge < -0.3 is 19.9 Å². The Morgan fingerprint density at radius 1 is 1.31 bits per heavy atom. The number of hydrogen-bond donors (Lipinski definition) is 2. The summed E-state index contributed by atoms with van der Waals surface area (Å²) >= 11 is 1.48. The van der Waals surface area contributed by atoms with Gasteiger partial charge in [-0.1, -0.05) is 0 Å². The van der Waals surface area contributed by atoms with E-state index in [2.05, 4.69) is 15.0 Å². The molecule has 144 valence electrons. The van der Waals surface area contributed by atoms with Crippen LogP contribution >= 0.6 is 11.8 Å². The molecule has 1 unspecified atom stereocenters. The molecule has 0 aliphatic carbocycles. The summed E-state index contributed by atoms with van der Waals surface area (Å²) in [5, 5.41) is 11.6. The Hall–Kier alpha value is -2.29. The lowest BCUT2D eigenvalue weighted by molar-refractivity contribution is -0.139. The van der Waals surface area contributed by atoms with E-state index in [-0.39, 0.29) is 6.42 Å². The van der Waals surface area contributed by atoms with Gasteiger partial charge in [0.25, 0.3) is 0 Å². The fraction of sp³-hybridized carbons (Fsp3) is 0.529. The van der Waals surface area contributed by atoms with Gasteiger partial charge in [0.05, 0.1) is 18.4 Å². The molecule has 0 saturated heterocycles. The van der Waals surface area contributed by atoms with E-state index in [0.29, 0.717) is 17.1 Å². The summed E-state index contributed by atoms with van der Waals surface area (Å²) in [5.74, 6) is -0.501. The number of esters is 1. The molecule has 1 amide bonds. The van der Waals surface area contributed by atoms with Crippen LogP contribution in [0.5, 0.6) is 0 Å². The summed E-state index contributed by atoms with van der Waals surface area (Å²) in [4.78, 5) is 38.4. The van der Waals surface area contributed by atoms with E-state index in [4.69, 9.17) is 4.74 Å². The number of alkyl carbamates (subject to hydrolysis) is 1. The molecule has 0 saturated carbocycles. The molecule has 1 aromatic heterocycles. The maximum atomic E-state index is 11.7. The van der Waals surface area contributed by atoms with Crippen molar-refractivity contribution in [3.05, 3.63) is 29.6 Å². The molecule has 0 spiro atoms. The lowest BCUT2D eigenvalue weighted by Crippen LogP contribution is -2.43. The fourth-order valence-corrected chi connectivity index (χ4v) is 2.76. The zero-order valence-corrected chi connectivity index (χ0v) is 16.1. The predicted octanol–water partition coefficient (Wildman–Crippen LogP) is 2.47. The topological polar surface area (TPSA) is 115 Å². The van der Waals surface area contributed by atoms with Crippen LogP contribution in [0.25, 0.3) is 0 Å². The number of nitrogens with zero attached hydrogens (tertiary/aromatic N) is 1. The van der Waals surface area contributed by atoms with Crippen molar-refractivity contribution in [2.75, 3.05) is 12.9 Å². The van der Waals surface area contributed by atoms with Crippen LogP contribution in [0.15, 0.2) is 18.3 Å². The van der Waals surface area contributed by atoms with Gasteiger partial charge >= 0.3 is 18.0 Å². The summed E-state index contributed by atoms with van der Waals surface area (Å²) in [7, 11) is 1.30. The van der Waals surface area contributed by atoms with Gasteiger partial charge in [0.1, 0.15) is 11.6 Å². The van der Waals surface area contributed by atoms with Crippen LogP contribution in [0.4, 0.5) is 4.79 Å². The molecule has 8 nitrogen and oxygen atoms in total. The van der Waals surface area contributed by atoms with Crippen molar-refractivity contribution in [2.45, 2.75) is 44.6 Å². The Balaban J connectivity index is 2.42. The van der Waals surface area contributed by atoms with Gasteiger partial charge in [-0.2, -0.15) is 11.8 Å². The number of pyridine rings is 1. The molecule has 26 heavy (non-hydrogen) atoms. The Morgan fingerprint density at radius 2 is 2.00 bits per heavy atom. The Morgan fingerprint density at radius 3 is 2.50 bits per heavy atom. The third-order valence-electron chi connectivity index (χ3n) is 3.04. The number of aromatic nitrogens is 1. The van der Waals surface area contributed by atoms with Crippen LogP contribution in [0.3, 0.4) is 0 Å². The van der Waals surface area contributed by atoms with E-state index < -0.39 is 29.7 Å². The highest BCUT2D eigenvalue weighted by atomic mass is 32.2. The highest BCUT2D eigenvalue weighted by molar-refractivity contribution is 7.98. The lowest BCUT2D eigenvalue weighted by atomic mass is 10.2. The number of rotatable bonds is 8. The monoisotopic (exact) mass is 384 g/mol. The van der Waals surface area contributed by atoms with Gasteiger partial charge in [-0.05, 0) is 45.1 Å². The molecule has 0 fully saturated rings. The second kappa shape index (κ2) is 10.0. The highest BCUT2D eigenvalue weighted by Crippen LogP contribution is 2.14. The number of thioether (sulfide) groups is 1. The van der Waals surface area contributed by atoms with E-state index in [1.165, 1.54) is 25.1 Å². The van der Waals surface area contributed by atoms with Crippen molar-refractivity contribution in [1.29, 1.82) is 0 Å². The Bertz CT molecular complexity index is 627. The first kappa shape index (κ1) is 21.8. The summed E-state index contributed by atoms with van der Waals surface area (Å²) in [6.07, 6.45) is 0.931. The second-order valence-corrected chi connectivity index (χ2v) is 7.51. The first-order chi connectivity index (χ1) is 12.1. The molecule has 1 heterocycles. The van der Waals surface area contributed by atoms with Crippen molar-refractivity contribution in [3.8, 4) is 0 Å². The number of ether oxygens (including phenoxy) is 2. The summed E-state index contributed by atoms with van der Waals surface area (Å²) in [6, 6.07) is 2.32. The van der Waals surface area contributed by atoms with Crippen molar-refractivity contribution >= 4 is 29.8 Å². The first-order valence-electron chi connectivity index (χ1n) is 7.95. The van der Waals surface area contributed by atoms with Crippen molar-refractivity contribution in [1.82, 2.24) is 10.3 Å². The van der Waals surface area contributed by atoms with Crippen molar-refractivity contribution in [3.63, 3.8) is 0 Å². The quantitative estimate of drug-likeness (QED) is 0.519. The van der Waals surface area contributed by atoms with Crippen molar-refractivity contribution < 1.29 is 29.0 Å². The highest BCUT2D eigenvalue weighted by Gasteiger charge is 2.23. The number of nitrogens with one attached hydrogen (secondary N) is 1. The molecule has 1 rings (SSSR count). The van der Waals surface area contributed by atoms with Gasteiger partial charge in [0.15, 0.2) is 0 Å². The molecule has 2 N–H and O–H groups in total. The summed E-state index contributed by atoms with van der Waals surface area (Å²) in [5.41, 5.74) is 0.438. The Kier molecular flexibility index (Phi) is 8.37. The molecule has 1 atom stereocenters. The van der Waals surface area contributed by atoms with E-state index in [1.807, 2.05) is 0 Å². The van der Waals surface area contributed by atoms with E-state index in [9.17, 15) is 19.5 Å². The standard InChI is InChI=1S/C17H24N2O6S/c1-17(2,3)25-16(23)19-13(14(20)21)7-8-26-10-12-6-5-11(9-18-12)15(22)24-4/h5-6,9,13H,7-8,10H2,1-4H3,(H,19,23)(H,20,21). The smallest absolute Gasteiger partial charge is 0.408 e. The number of carbonyl (C=O) groups excluding carboxylic acids is 2. The number of amides is 1. The number of carboxylic acid groups (broad SMARTS) is 1. The van der Waals surface area contributed by atoms with Gasteiger partial charge in [0, 0.05) is 11.9 Å². The summed E-state index contributed by atoms with van der Waals surface area (Å²) < 4.78 is 9.67. The van der Waals surface area contributed by atoms with Crippen LogP contribution in [0.1, 0.15) is 43.2 Å². The largest absolute Gasteiger partial charge is 0.480 e. The van der Waals surface area contributed by atoms with Gasteiger partial charge in [-0.3, -0.25) is 4.98 Å². The number of aliphatic carboxylic acids is 1. The molecule has 0 aliphatic heterocycles. The molecule has 0 aliphatic rings. The minimum Gasteiger partial charge on any atom is -0.480 e.